The lowest BCUT2D eigenvalue weighted by atomic mass is 10.4. The lowest BCUT2D eigenvalue weighted by molar-refractivity contribution is 0.117. The molecule has 0 amide bonds. The van der Waals surface area contributed by atoms with Crippen LogP contribution in [0.2, 0.25) is 0 Å². The van der Waals surface area contributed by atoms with Gasteiger partial charge in [-0.2, -0.15) is 5.10 Å². The standard InChI is InChI=1S/C10H19N3O/c1-9-6-12-13(8-9)5-4-11-7-10(2)14-3/h6,8,10-11H,4-5,7H2,1-3H3. The summed E-state index contributed by atoms with van der Waals surface area (Å²) in [4.78, 5) is 0. The van der Waals surface area contributed by atoms with Gasteiger partial charge in [-0.25, -0.2) is 0 Å². The van der Waals surface area contributed by atoms with Crippen LogP contribution in [0.25, 0.3) is 0 Å². The third-order valence-electron chi connectivity index (χ3n) is 2.11. The number of methoxy groups -OCH3 is 1. The largest absolute Gasteiger partial charge is 0.380 e. The number of ether oxygens (including phenoxy) is 1. The molecule has 0 aliphatic heterocycles. The molecular formula is C10H19N3O. The Morgan fingerprint density at radius 3 is 3.00 bits per heavy atom. The normalized spacial score (nSPS) is 13.1. The van der Waals surface area contributed by atoms with Gasteiger partial charge >= 0.3 is 0 Å². The van der Waals surface area contributed by atoms with Gasteiger partial charge in [0.25, 0.3) is 0 Å². The second-order valence-electron chi connectivity index (χ2n) is 3.53. The van der Waals surface area contributed by atoms with Crippen LogP contribution in [0.4, 0.5) is 0 Å². The number of nitrogens with zero attached hydrogens (tertiary/aromatic N) is 2. The third-order valence-corrected chi connectivity index (χ3v) is 2.11. The van der Waals surface area contributed by atoms with Crippen LogP contribution in [0.1, 0.15) is 12.5 Å². The Balaban J connectivity index is 2.10. The van der Waals surface area contributed by atoms with Crippen molar-refractivity contribution in [2.24, 2.45) is 0 Å². The Morgan fingerprint density at radius 1 is 1.64 bits per heavy atom. The molecule has 0 radical (unpaired) electrons. The summed E-state index contributed by atoms with van der Waals surface area (Å²) in [6, 6.07) is 0. The van der Waals surface area contributed by atoms with Crippen molar-refractivity contribution in [1.29, 1.82) is 0 Å². The van der Waals surface area contributed by atoms with E-state index >= 15 is 0 Å². The van der Waals surface area contributed by atoms with Crippen LogP contribution in [0.5, 0.6) is 0 Å². The Morgan fingerprint density at radius 2 is 2.43 bits per heavy atom. The van der Waals surface area contributed by atoms with Gasteiger partial charge in [0.1, 0.15) is 0 Å². The van der Waals surface area contributed by atoms with Crippen molar-refractivity contribution < 1.29 is 4.74 Å². The molecule has 0 fully saturated rings. The van der Waals surface area contributed by atoms with Gasteiger partial charge in [-0.1, -0.05) is 0 Å². The number of rotatable bonds is 6. The van der Waals surface area contributed by atoms with Gasteiger partial charge < -0.3 is 10.1 Å². The summed E-state index contributed by atoms with van der Waals surface area (Å²) in [7, 11) is 1.73. The smallest absolute Gasteiger partial charge is 0.0667 e. The molecule has 1 atom stereocenters. The fourth-order valence-corrected chi connectivity index (χ4v) is 1.17. The lowest BCUT2D eigenvalue weighted by Gasteiger charge is -2.10. The van der Waals surface area contributed by atoms with Crippen molar-refractivity contribution in [3.05, 3.63) is 18.0 Å². The molecule has 0 aliphatic rings. The van der Waals surface area contributed by atoms with E-state index in [4.69, 9.17) is 4.74 Å². The minimum absolute atomic E-state index is 0.273. The molecule has 0 saturated carbocycles. The van der Waals surface area contributed by atoms with Crippen LogP contribution in [0.3, 0.4) is 0 Å². The molecule has 80 valence electrons. The fraction of sp³-hybridized carbons (Fsp3) is 0.700. The molecule has 1 rings (SSSR count). The number of hydrogen-bond donors (Lipinski definition) is 1. The molecule has 1 aromatic rings. The van der Waals surface area contributed by atoms with Crippen molar-refractivity contribution in [1.82, 2.24) is 15.1 Å². The first-order valence-electron chi connectivity index (χ1n) is 4.95. The maximum Gasteiger partial charge on any atom is 0.0667 e. The number of aromatic nitrogens is 2. The molecule has 4 heteroatoms. The average Bonchev–Trinajstić information content (AvgIpc) is 2.58. The Hall–Kier alpha value is -0.870. The SMILES string of the molecule is COC(C)CNCCn1cc(C)cn1. The van der Waals surface area contributed by atoms with Crippen molar-refractivity contribution >= 4 is 0 Å². The zero-order valence-corrected chi connectivity index (χ0v) is 9.16. The van der Waals surface area contributed by atoms with Gasteiger partial charge in [-0.15, -0.1) is 0 Å². The lowest BCUT2D eigenvalue weighted by Crippen LogP contribution is -2.28. The molecule has 0 saturated heterocycles. The molecule has 1 N–H and O–H groups in total. The zero-order valence-electron chi connectivity index (χ0n) is 9.16. The highest BCUT2D eigenvalue weighted by Gasteiger charge is 1.98. The van der Waals surface area contributed by atoms with E-state index in [1.807, 2.05) is 30.9 Å². The zero-order chi connectivity index (χ0) is 10.4. The Kier molecular flexibility index (Phi) is 4.62. The van der Waals surface area contributed by atoms with Crippen LogP contribution >= 0.6 is 0 Å². The third kappa shape index (κ3) is 3.89. The first-order valence-corrected chi connectivity index (χ1v) is 4.95. The number of aryl methyl sites for hydroxylation is 1. The summed E-state index contributed by atoms with van der Waals surface area (Å²) in [6.07, 6.45) is 4.19. The summed E-state index contributed by atoms with van der Waals surface area (Å²) in [5.41, 5.74) is 1.20. The number of nitrogens with one attached hydrogen (secondary N) is 1. The van der Waals surface area contributed by atoms with E-state index in [2.05, 4.69) is 10.4 Å². The second kappa shape index (κ2) is 5.78. The molecule has 4 nitrogen and oxygen atoms in total. The fourth-order valence-electron chi connectivity index (χ4n) is 1.17. The molecule has 0 aliphatic carbocycles. The van der Waals surface area contributed by atoms with E-state index in [0.717, 1.165) is 19.6 Å². The molecule has 14 heavy (non-hydrogen) atoms. The Labute approximate surface area is 85.3 Å². The monoisotopic (exact) mass is 197 g/mol. The second-order valence-corrected chi connectivity index (χ2v) is 3.53. The van der Waals surface area contributed by atoms with E-state index in [1.54, 1.807) is 7.11 Å². The predicted molar refractivity (Wildman–Crippen MR) is 56.3 cm³/mol. The maximum absolute atomic E-state index is 5.12. The van der Waals surface area contributed by atoms with Gasteiger partial charge in [-0.3, -0.25) is 4.68 Å². The van der Waals surface area contributed by atoms with E-state index in [0.29, 0.717) is 0 Å². The Bertz CT molecular complexity index is 260. The highest BCUT2D eigenvalue weighted by Crippen LogP contribution is 1.93. The summed E-state index contributed by atoms with van der Waals surface area (Å²) in [5.74, 6) is 0. The summed E-state index contributed by atoms with van der Waals surface area (Å²) in [5, 5.41) is 7.51. The predicted octanol–water partition coefficient (Wildman–Crippen LogP) is 0.816. The average molecular weight is 197 g/mol. The van der Waals surface area contributed by atoms with Crippen molar-refractivity contribution in [3.63, 3.8) is 0 Å². The molecular weight excluding hydrogens is 178 g/mol. The summed E-state index contributed by atoms with van der Waals surface area (Å²) < 4.78 is 7.07. The molecule has 1 unspecified atom stereocenters. The van der Waals surface area contributed by atoms with Crippen LogP contribution in [0.15, 0.2) is 12.4 Å². The highest BCUT2D eigenvalue weighted by molar-refractivity contribution is 4.99. The van der Waals surface area contributed by atoms with Gasteiger partial charge in [0.05, 0.1) is 18.8 Å². The van der Waals surface area contributed by atoms with E-state index in [9.17, 15) is 0 Å². The molecule has 0 bridgehead atoms. The minimum atomic E-state index is 0.273. The van der Waals surface area contributed by atoms with Crippen LogP contribution in [-0.2, 0) is 11.3 Å². The topological polar surface area (TPSA) is 39.1 Å². The molecule has 1 heterocycles. The molecule has 0 aromatic carbocycles. The van der Waals surface area contributed by atoms with Crippen LogP contribution in [0, 0.1) is 6.92 Å². The molecule has 1 aromatic heterocycles. The van der Waals surface area contributed by atoms with Crippen LogP contribution in [-0.4, -0.2) is 36.1 Å². The van der Waals surface area contributed by atoms with E-state index in [-0.39, 0.29) is 6.10 Å². The maximum atomic E-state index is 5.12. The minimum Gasteiger partial charge on any atom is -0.380 e. The van der Waals surface area contributed by atoms with E-state index in [1.165, 1.54) is 5.56 Å². The highest BCUT2D eigenvalue weighted by atomic mass is 16.5. The van der Waals surface area contributed by atoms with Crippen molar-refractivity contribution in [3.8, 4) is 0 Å². The van der Waals surface area contributed by atoms with Crippen LogP contribution < -0.4 is 5.32 Å². The first kappa shape index (κ1) is 11.2. The van der Waals surface area contributed by atoms with E-state index < -0.39 is 0 Å². The van der Waals surface area contributed by atoms with Gasteiger partial charge in [0.15, 0.2) is 0 Å². The van der Waals surface area contributed by atoms with Crippen molar-refractivity contribution in [2.45, 2.75) is 26.5 Å². The van der Waals surface area contributed by atoms with Gasteiger partial charge in [0, 0.05) is 26.4 Å². The summed E-state index contributed by atoms with van der Waals surface area (Å²) in [6.45, 7) is 6.81. The van der Waals surface area contributed by atoms with Gasteiger partial charge in [-0.05, 0) is 19.4 Å². The first-order chi connectivity index (χ1) is 6.72. The van der Waals surface area contributed by atoms with Crippen molar-refractivity contribution in [2.75, 3.05) is 20.2 Å². The van der Waals surface area contributed by atoms with Gasteiger partial charge in [0.2, 0.25) is 0 Å². The molecule has 0 spiro atoms. The summed E-state index contributed by atoms with van der Waals surface area (Å²) >= 11 is 0. The quantitative estimate of drug-likeness (QED) is 0.686. The number of hydrogen-bond acceptors (Lipinski definition) is 3.